The average Bonchev–Trinajstić information content (AvgIpc) is 2.47. The van der Waals surface area contributed by atoms with Gasteiger partial charge >= 0.3 is 0 Å². The SMILES string of the molecule is COc1cccnc1CN1CCc2c(nc(N)[nH]c2=O)C1. The number of hydrogen-bond donors (Lipinski definition) is 2. The van der Waals surface area contributed by atoms with Gasteiger partial charge in [-0.1, -0.05) is 0 Å². The fraction of sp³-hybridized carbons (Fsp3) is 0.357. The highest BCUT2D eigenvalue weighted by atomic mass is 16.5. The van der Waals surface area contributed by atoms with Crippen LogP contribution >= 0.6 is 0 Å². The Morgan fingerprint density at radius 3 is 3.19 bits per heavy atom. The fourth-order valence-corrected chi connectivity index (χ4v) is 2.59. The van der Waals surface area contributed by atoms with E-state index >= 15 is 0 Å². The van der Waals surface area contributed by atoms with Gasteiger partial charge in [0.1, 0.15) is 5.75 Å². The second-order valence-electron chi connectivity index (χ2n) is 4.99. The van der Waals surface area contributed by atoms with Gasteiger partial charge in [-0.25, -0.2) is 4.98 Å². The van der Waals surface area contributed by atoms with Gasteiger partial charge in [-0.15, -0.1) is 0 Å². The van der Waals surface area contributed by atoms with Crippen LogP contribution in [-0.2, 0) is 19.5 Å². The highest BCUT2D eigenvalue weighted by Gasteiger charge is 2.21. The predicted octanol–water partition coefficient (Wildman–Crippen LogP) is 0.314. The molecule has 7 nitrogen and oxygen atoms in total. The second-order valence-corrected chi connectivity index (χ2v) is 4.99. The molecule has 21 heavy (non-hydrogen) atoms. The minimum absolute atomic E-state index is 0.132. The Hall–Kier alpha value is -2.41. The lowest BCUT2D eigenvalue weighted by molar-refractivity contribution is 0.234. The van der Waals surface area contributed by atoms with Crippen molar-refractivity contribution in [2.24, 2.45) is 0 Å². The summed E-state index contributed by atoms with van der Waals surface area (Å²) in [6.07, 6.45) is 2.41. The molecule has 1 aliphatic heterocycles. The standard InChI is InChI=1S/C14H17N5O2/c1-21-12-3-2-5-16-11(12)8-19-6-4-9-10(7-19)17-14(15)18-13(9)20/h2-3,5H,4,6-8H2,1H3,(H3,15,17,18,20). The number of nitrogen functional groups attached to an aromatic ring is 1. The fourth-order valence-electron chi connectivity index (χ4n) is 2.59. The van der Waals surface area contributed by atoms with Crippen LogP contribution in [0.25, 0.3) is 0 Å². The van der Waals surface area contributed by atoms with E-state index in [-0.39, 0.29) is 11.5 Å². The Morgan fingerprint density at radius 1 is 1.52 bits per heavy atom. The maximum atomic E-state index is 11.8. The maximum absolute atomic E-state index is 11.8. The van der Waals surface area contributed by atoms with E-state index in [1.165, 1.54) is 0 Å². The molecule has 0 unspecified atom stereocenters. The monoisotopic (exact) mass is 287 g/mol. The van der Waals surface area contributed by atoms with Gasteiger partial charge < -0.3 is 10.5 Å². The molecule has 3 N–H and O–H groups in total. The minimum Gasteiger partial charge on any atom is -0.495 e. The lowest BCUT2D eigenvalue weighted by Crippen LogP contribution is -2.35. The second kappa shape index (κ2) is 5.53. The van der Waals surface area contributed by atoms with E-state index < -0.39 is 0 Å². The van der Waals surface area contributed by atoms with Crippen molar-refractivity contribution in [2.75, 3.05) is 19.4 Å². The first-order chi connectivity index (χ1) is 10.2. The van der Waals surface area contributed by atoms with Crippen molar-refractivity contribution >= 4 is 5.95 Å². The van der Waals surface area contributed by atoms with Crippen molar-refractivity contribution in [1.29, 1.82) is 0 Å². The van der Waals surface area contributed by atoms with E-state index in [1.807, 2.05) is 12.1 Å². The van der Waals surface area contributed by atoms with Gasteiger partial charge in [0, 0.05) is 31.4 Å². The largest absolute Gasteiger partial charge is 0.495 e. The molecule has 0 bridgehead atoms. The summed E-state index contributed by atoms with van der Waals surface area (Å²) in [5, 5.41) is 0. The molecule has 0 saturated heterocycles. The third-order valence-electron chi connectivity index (χ3n) is 3.61. The van der Waals surface area contributed by atoms with Crippen LogP contribution in [-0.4, -0.2) is 33.5 Å². The number of methoxy groups -OCH3 is 1. The lowest BCUT2D eigenvalue weighted by Gasteiger charge is -2.27. The Morgan fingerprint density at radius 2 is 2.38 bits per heavy atom. The molecule has 3 heterocycles. The van der Waals surface area contributed by atoms with Crippen LogP contribution in [0, 0.1) is 0 Å². The molecule has 0 atom stereocenters. The molecule has 1 aliphatic rings. The van der Waals surface area contributed by atoms with Crippen LogP contribution in [0.2, 0.25) is 0 Å². The van der Waals surface area contributed by atoms with Crippen molar-refractivity contribution in [2.45, 2.75) is 19.5 Å². The van der Waals surface area contributed by atoms with E-state index in [2.05, 4.69) is 19.9 Å². The number of H-pyrrole nitrogens is 1. The zero-order valence-electron chi connectivity index (χ0n) is 11.8. The van der Waals surface area contributed by atoms with E-state index in [0.29, 0.717) is 19.5 Å². The number of fused-ring (bicyclic) bond motifs is 1. The third-order valence-corrected chi connectivity index (χ3v) is 3.61. The smallest absolute Gasteiger partial charge is 0.255 e. The van der Waals surface area contributed by atoms with Gasteiger partial charge in [0.05, 0.1) is 18.5 Å². The van der Waals surface area contributed by atoms with Gasteiger partial charge in [0.2, 0.25) is 5.95 Å². The molecule has 0 radical (unpaired) electrons. The van der Waals surface area contributed by atoms with E-state index in [4.69, 9.17) is 10.5 Å². The summed E-state index contributed by atoms with van der Waals surface area (Å²) in [5.74, 6) is 0.928. The number of aromatic amines is 1. The first-order valence-electron chi connectivity index (χ1n) is 6.75. The molecule has 0 amide bonds. The Labute approximate surface area is 121 Å². The number of nitrogens with two attached hydrogens (primary N) is 1. The van der Waals surface area contributed by atoms with Crippen molar-refractivity contribution < 1.29 is 4.74 Å². The maximum Gasteiger partial charge on any atom is 0.255 e. The third kappa shape index (κ3) is 2.73. The summed E-state index contributed by atoms with van der Waals surface area (Å²) < 4.78 is 5.31. The lowest BCUT2D eigenvalue weighted by atomic mass is 10.1. The van der Waals surface area contributed by atoms with Gasteiger partial charge in [0.15, 0.2) is 0 Å². The summed E-state index contributed by atoms with van der Waals surface area (Å²) in [6, 6.07) is 3.73. The van der Waals surface area contributed by atoms with E-state index in [9.17, 15) is 4.79 Å². The van der Waals surface area contributed by atoms with E-state index in [1.54, 1.807) is 13.3 Å². The molecule has 3 rings (SSSR count). The Kier molecular flexibility index (Phi) is 3.57. The van der Waals surface area contributed by atoms with Crippen LogP contribution in [0.15, 0.2) is 23.1 Å². The van der Waals surface area contributed by atoms with Gasteiger partial charge in [-0.05, 0) is 18.6 Å². The first kappa shape index (κ1) is 13.6. The van der Waals surface area contributed by atoms with Crippen LogP contribution in [0.4, 0.5) is 5.95 Å². The number of ether oxygens (including phenoxy) is 1. The summed E-state index contributed by atoms with van der Waals surface area (Å²) >= 11 is 0. The summed E-state index contributed by atoms with van der Waals surface area (Å²) in [4.78, 5) is 25.1. The molecule has 2 aromatic heterocycles. The zero-order chi connectivity index (χ0) is 14.8. The molecule has 2 aromatic rings. The molecular weight excluding hydrogens is 270 g/mol. The van der Waals surface area contributed by atoms with Crippen LogP contribution < -0.4 is 16.0 Å². The van der Waals surface area contributed by atoms with Gasteiger partial charge in [-0.3, -0.25) is 19.7 Å². The molecule has 7 heteroatoms. The molecule has 0 aromatic carbocycles. The minimum atomic E-state index is -0.132. The number of pyridine rings is 1. The number of hydrogen-bond acceptors (Lipinski definition) is 6. The molecule has 0 fully saturated rings. The number of rotatable bonds is 3. The molecule has 0 saturated carbocycles. The molecule has 0 spiro atoms. The predicted molar refractivity (Wildman–Crippen MR) is 77.9 cm³/mol. The molecule has 0 aliphatic carbocycles. The molecule has 110 valence electrons. The topological polar surface area (TPSA) is 97.1 Å². The molecular formula is C14H17N5O2. The van der Waals surface area contributed by atoms with Crippen molar-refractivity contribution in [1.82, 2.24) is 19.9 Å². The summed E-state index contributed by atoms with van der Waals surface area (Å²) in [6.45, 7) is 2.02. The van der Waals surface area contributed by atoms with Crippen LogP contribution in [0.1, 0.15) is 17.0 Å². The number of aromatic nitrogens is 3. The first-order valence-corrected chi connectivity index (χ1v) is 6.75. The van der Waals surface area contributed by atoms with Crippen molar-refractivity contribution in [3.8, 4) is 5.75 Å². The zero-order valence-corrected chi connectivity index (χ0v) is 11.8. The number of anilines is 1. The normalized spacial score (nSPS) is 14.7. The highest BCUT2D eigenvalue weighted by molar-refractivity contribution is 5.29. The Bertz CT molecular complexity index is 713. The van der Waals surface area contributed by atoms with Crippen LogP contribution in [0.5, 0.6) is 5.75 Å². The van der Waals surface area contributed by atoms with Crippen molar-refractivity contribution in [3.05, 3.63) is 45.6 Å². The van der Waals surface area contributed by atoms with E-state index in [0.717, 1.165) is 29.2 Å². The highest BCUT2D eigenvalue weighted by Crippen LogP contribution is 2.20. The van der Waals surface area contributed by atoms with Crippen molar-refractivity contribution in [3.63, 3.8) is 0 Å². The summed E-state index contributed by atoms with van der Waals surface area (Å²) in [5.41, 5.74) is 7.83. The van der Waals surface area contributed by atoms with Gasteiger partial charge in [-0.2, -0.15) is 0 Å². The average molecular weight is 287 g/mol. The summed E-state index contributed by atoms with van der Waals surface area (Å²) in [7, 11) is 1.63. The quantitative estimate of drug-likeness (QED) is 0.843. The number of nitrogens with one attached hydrogen (secondary N) is 1. The van der Waals surface area contributed by atoms with Gasteiger partial charge in [0.25, 0.3) is 5.56 Å². The number of nitrogens with zero attached hydrogens (tertiary/aromatic N) is 3. The van der Waals surface area contributed by atoms with Crippen LogP contribution in [0.3, 0.4) is 0 Å². The Balaban J connectivity index is 1.82.